The Balaban J connectivity index is 1.51. The van der Waals surface area contributed by atoms with E-state index in [9.17, 15) is 9.59 Å². The molecule has 0 spiro atoms. The molecule has 0 aliphatic rings. The number of amides is 1. The summed E-state index contributed by atoms with van der Waals surface area (Å²) in [4.78, 5) is 30.1. The van der Waals surface area contributed by atoms with Crippen LogP contribution >= 0.6 is 11.8 Å². The van der Waals surface area contributed by atoms with E-state index in [0.717, 1.165) is 12.8 Å². The zero-order valence-corrected chi connectivity index (χ0v) is 17.9. The van der Waals surface area contributed by atoms with E-state index < -0.39 is 0 Å². The van der Waals surface area contributed by atoms with Crippen LogP contribution in [0.2, 0.25) is 0 Å². The van der Waals surface area contributed by atoms with E-state index in [1.165, 1.54) is 17.3 Å². The largest absolute Gasteiger partial charge is 0.360 e. The first-order valence-electron chi connectivity index (χ1n) is 9.99. The molecule has 7 nitrogen and oxygen atoms in total. The minimum absolute atomic E-state index is 0.0892. The number of carbonyl (C=O) groups excluding carboxylic acids is 1. The van der Waals surface area contributed by atoms with Crippen molar-refractivity contribution in [2.45, 2.75) is 31.5 Å². The lowest BCUT2D eigenvalue weighted by molar-refractivity contribution is -0.113. The quantitative estimate of drug-likeness (QED) is 0.332. The first-order chi connectivity index (χ1) is 15.1. The number of aromatic nitrogens is 3. The second-order valence-electron chi connectivity index (χ2n) is 7.12. The van der Waals surface area contributed by atoms with E-state index in [2.05, 4.69) is 27.6 Å². The van der Waals surface area contributed by atoms with Gasteiger partial charge >= 0.3 is 0 Å². The number of para-hydroxylation sites is 1. The van der Waals surface area contributed by atoms with Crippen LogP contribution in [0.4, 0.5) is 5.82 Å². The van der Waals surface area contributed by atoms with Crippen molar-refractivity contribution >= 4 is 34.4 Å². The van der Waals surface area contributed by atoms with Crippen LogP contribution in [0.15, 0.2) is 75.1 Å². The maximum atomic E-state index is 13.1. The predicted octanol–water partition coefficient (Wildman–Crippen LogP) is 4.06. The fraction of sp³-hybridized carbons (Fsp3) is 0.217. The Bertz CT molecular complexity index is 1250. The summed E-state index contributed by atoms with van der Waals surface area (Å²) in [5.41, 5.74) is 1.76. The number of fused-ring (bicyclic) bond motifs is 1. The highest BCUT2D eigenvalue weighted by Gasteiger charge is 2.14. The van der Waals surface area contributed by atoms with Gasteiger partial charge in [-0.1, -0.05) is 59.4 Å². The highest BCUT2D eigenvalue weighted by molar-refractivity contribution is 7.99. The lowest BCUT2D eigenvalue weighted by atomic mass is 10.1. The van der Waals surface area contributed by atoms with Gasteiger partial charge in [-0.15, -0.1) is 0 Å². The molecule has 4 rings (SSSR count). The molecule has 0 saturated heterocycles. The number of benzene rings is 2. The Morgan fingerprint density at radius 2 is 1.90 bits per heavy atom. The molecule has 0 atom stereocenters. The number of aryl methyl sites for hydroxylation is 2. The Morgan fingerprint density at radius 1 is 1.13 bits per heavy atom. The molecule has 8 heteroatoms. The number of rotatable bonds is 8. The van der Waals surface area contributed by atoms with Gasteiger partial charge in [-0.05, 0) is 37.5 Å². The monoisotopic (exact) mass is 434 g/mol. The van der Waals surface area contributed by atoms with Crippen molar-refractivity contribution in [3.63, 3.8) is 0 Å². The summed E-state index contributed by atoms with van der Waals surface area (Å²) < 4.78 is 6.63. The Kier molecular flexibility index (Phi) is 6.47. The molecule has 0 aliphatic heterocycles. The third-order valence-electron chi connectivity index (χ3n) is 4.74. The Hall–Kier alpha value is -3.39. The van der Waals surface area contributed by atoms with Crippen LogP contribution in [0.5, 0.6) is 0 Å². The van der Waals surface area contributed by atoms with Gasteiger partial charge in [0.25, 0.3) is 5.56 Å². The number of hydrogen-bond acceptors (Lipinski definition) is 6. The van der Waals surface area contributed by atoms with Crippen molar-refractivity contribution in [2.75, 3.05) is 11.1 Å². The van der Waals surface area contributed by atoms with Gasteiger partial charge in [-0.3, -0.25) is 14.2 Å². The summed E-state index contributed by atoms with van der Waals surface area (Å²) in [5, 5.41) is 7.56. The van der Waals surface area contributed by atoms with Crippen LogP contribution in [-0.4, -0.2) is 26.4 Å². The topological polar surface area (TPSA) is 90.0 Å². The average molecular weight is 435 g/mol. The summed E-state index contributed by atoms with van der Waals surface area (Å²) in [5.74, 6) is 0.854. The number of carbonyl (C=O) groups is 1. The van der Waals surface area contributed by atoms with E-state index in [1.807, 2.05) is 36.4 Å². The van der Waals surface area contributed by atoms with Gasteiger partial charge in [0.1, 0.15) is 5.76 Å². The zero-order chi connectivity index (χ0) is 21.6. The molecule has 0 radical (unpaired) electrons. The molecule has 0 aliphatic carbocycles. The van der Waals surface area contributed by atoms with Gasteiger partial charge < -0.3 is 9.84 Å². The average Bonchev–Trinajstić information content (AvgIpc) is 3.19. The molecule has 2 aromatic carbocycles. The smallest absolute Gasteiger partial charge is 0.262 e. The second-order valence-corrected chi connectivity index (χ2v) is 8.06. The summed E-state index contributed by atoms with van der Waals surface area (Å²) in [7, 11) is 0. The number of nitrogens with zero attached hydrogens (tertiary/aromatic N) is 3. The summed E-state index contributed by atoms with van der Waals surface area (Å²) in [6.45, 7) is 2.28. The summed E-state index contributed by atoms with van der Waals surface area (Å²) >= 11 is 1.24. The first-order valence-corrected chi connectivity index (χ1v) is 11.0. The van der Waals surface area contributed by atoms with Crippen molar-refractivity contribution in [1.82, 2.24) is 14.7 Å². The molecule has 0 saturated carbocycles. The number of hydrogen-bond donors (Lipinski definition) is 1. The molecule has 2 heterocycles. The van der Waals surface area contributed by atoms with Gasteiger partial charge in [-0.25, -0.2) is 4.98 Å². The molecule has 4 aromatic rings. The summed E-state index contributed by atoms with van der Waals surface area (Å²) in [6.07, 6.45) is 1.65. The standard InChI is InChI=1S/C23H22N4O3S/c1-16-14-20(26-30-16)25-21(28)15-31-23-24-19-12-6-5-11-18(19)22(29)27(23)13-7-10-17-8-3-2-4-9-17/h2-6,8-9,11-12,14H,7,10,13,15H2,1H3,(H,25,26,28). The fourth-order valence-electron chi connectivity index (χ4n) is 3.28. The first kappa shape index (κ1) is 20.9. The maximum absolute atomic E-state index is 13.1. The normalized spacial score (nSPS) is 11.0. The third-order valence-corrected chi connectivity index (χ3v) is 5.72. The van der Waals surface area contributed by atoms with Gasteiger partial charge in [0.2, 0.25) is 5.91 Å². The van der Waals surface area contributed by atoms with Crippen molar-refractivity contribution in [3.8, 4) is 0 Å². The molecular weight excluding hydrogens is 412 g/mol. The Labute approximate surface area is 183 Å². The van der Waals surface area contributed by atoms with Gasteiger partial charge in [-0.2, -0.15) is 0 Å². The van der Waals surface area contributed by atoms with Crippen molar-refractivity contribution in [1.29, 1.82) is 0 Å². The van der Waals surface area contributed by atoms with E-state index in [1.54, 1.807) is 23.6 Å². The lowest BCUT2D eigenvalue weighted by Gasteiger charge is -2.13. The van der Waals surface area contributed by atoms with Gasteiger partial charge in [0, 0.05) is 12.6 Å². The fourth-order valence-corrected chi connectivity index (χ4v) is 4.10. The molecule has 0 bridgehead atoms. The van der Waals surface area contributed by atoms with E-state index in [0.29, 0.717) is 34.2 Å². The van der Waals surface area contributed by atoms with Gasteiger partial charge in [0.05, 0.1) is 16.7 Å². The summed E-state index contributed by atoms with van der Waals surface area (Å²) in [6, 6.07) is 19.1. The van der Waals surface area contributed by atoms with Crippen LogP contribution in [0.1, 0.15) is 17.7 Å². The molecule has 1 amide bonds. The minimum atomic E-state index is -0.239. The molecular formula is C23H22N4O3S. The SMILES string of the molecule is Cc1cc(NC(=O)CSc2nc3ccccc3c(=O)n2CCCc2ccccc2)no1. The van der Waals surface area contributed by atoms with Crippen LogP contribution in [0.3, 0.4) is 0 Å². The predicted molar refractivity (Wildman–Crippen MR) is 121 cm³/mol. The molecule has 2 aromatic heterocycles. The molecule has 1 N–H and O–H groups in total. The number of anilines is 1. The van der Waals surface area contributed by atoms with Crippen molar-refractivity contribution < 1.29 is 9.32 Å². The molecule has 0 unspecified atom stereocenters. The molecule has 31 heavy (non-hydrogen) atoms. The highest BCUT2D eigenvalue weighted by Crippen LogP contribution is 2.19. The zero-order valence-electron chi connectivity index (χ0n) is 17.1. The van der Waals surface area contributed by atoms with E-state index >= 15 is 0 Å². The number of thioether (sulfide) groups is 1. The van der Waals surface area contributed by atoms with Crippen LogP contribution < -0.4 is 10.9 Å². The van der Waals surface area contributed by atoms with Crippen molar-refractivity contribution in [2.24, 2.45) is 0 Å². The van der Waals surface area contributed by atoms with Crippen LogP contribution in [-0.2, 0) is 17.8 Å². The van der Waals surface area contributed by atoms with Crippen LogP contribution in [0, 0.1) is 6.92 Å². The molecule has 0 fully saturated rings. The second kappa shape index (κ2) is 9.61. The third kappa shape index (κ3) is 5.21. The van der Waals surface area contributed by atoms with E-state index in [-0.39, 0.29) is 17.2 Å². The van der Waals surface area contributed by atoms with Crippen LogP contribution in [0.25, 0.3) is 10.9 Å². The Morgan fingerprint density at radius 3 is 2.68 bits per heavy atom. The molecule has 158 valence electrons. The van der Waals surface area contributed by atoms with Crippen molar-refractivity contribution in [3.05, 3.63) is 82.3 Å². The minimum Gasteiger partial charge on any atom is -0.360 e. The maximum Gasteiger partial charge on any atom is 0.262 e. The van der Waals surface area contributed by atoms with E-state index in [4.69, 9.17) is 4.52 Å². The highest BCUT2D eigenvalue weighted by atomic mass is 32.2. The van der Waals surface area contributed by atoms with Gasteiger partial charge in [0.15, 0.2) is 11.0 Å². The lowest BCUT2D eigenvalue weighted by Crippen LogP contribution is -2.24. The number of nitrogens with one attached hydrogen (secondary N) is 1.